The van der Waals surface area contributed by atoms with Crippen molar-refractivity contribution in [1.29, 1.82) is 5.26 Å². The van der Waals surface area contributed by atoms with E-state index in [1.165, 1.54) is 11.8 Å². The molecule has 5 nitrogen and oxygen atoms in total. The monoisotopic (exact) mass is 348 g/mol. The highest BCUT2D eigenvalue weighted by Crippen LogP contribution is 2.28. The Morgan fingerprint density at radius 2 is 2.22 bits per heavy atom. The van der Waals surface area contributed by atoms with E-state index in [4.69, 9.17) is 11.6 Å². The van der Waals surface area contributed by atoms with Crippen molar-refractivity contribution in [2.24, 2.45) is 0 Å². The van der Waals surface area contributed by atoms with Gasteiger partial charge in [0.1, 0.15) is 5.54 Å². The summed E-state index contributed by atoms with van der Waals surface area (Å²) in [4.78, 5) is 19.7. The average molecular weight is 349 g/mol. The zero-order chi connectivity index (χ0) is 16.3. The van der Waals surface area contributed by atoms with Gasteiger partial charge in [-0.2, -0.15) is 5.26 Å². The molecule has 0 unspecified atom stereocenters. The van der Waals surface area contributed by atoms with Crippen LogP contribution in [0.25, 0.3) is 11.0 Å². The number of nitrogens with zero attached hydrogens (tertiary/aromatic N) is 2. The van der Waals surface area contributed by atoms with E-state index < -0.39 is 5.54 Å². The second kappa shape index (κ2) is 6.81. The third-order valence-corrected chi connectivity index (χ3v) is 5.17. The molecule has 7 heteroatoms. The van der Waals surface area contributed by atoms with E-state index in [9.17, 15) is 10.1 Å². The molecule has 2 N–H and O–H groups in total. The standard InChI is InChI=1S/C16H17ClN4OS/c17-11-4-5-12-13(8-11)20-15(19-12)23-9-14(22)21-16(10-18)6-2-1-3-7-16/h4-5,8H,1-3,6-7,9H2,(H,19,20)(H,21,22). The van der Waals surface area contributed by atoms with Crippen LogP contribution in [-0.4, -0.2) is 27.2 Å². The molecule has 3 rings (SSSR count). The van der Waals surface area contributed by atoms with Crippen LogP contribution in [0.5, 0.6) is 0 Å². The van der Waals surface area contributed by atoms with E-state index in [0.29, 0.717) is 10.2 Å². The van der Waals surface area contributed by atoms with Crippen LogP contribution >= 0.6 is 23.4 Å². The van der Waals surface area contributed by atoms with Crippen LogP contribution in [0.1, 0.15) is 32.1 Å². The number of imidazole rings is 1. The normalized spacial score (nSPS) is 16.9. The number of hydrogen-bond acceptors (Lipinski definition) is 4. The largest absolute Gasteiger partial charge is 0.337 e. The van der Waals surface area contributed by atoms with Crippen molar-refractivity contribution < 1.29 is 4.79 Å². The van der Waals surface area contributed by atoms with Crippen LogP contribution in [0.4, 0.5) is 0 Å². The molecule has 0 radical (unpaired) electrons. The third kappa shape index (κ3) is 3.80. The maximum atomic E-state index is 12.2. The number of nitriles is 1. The predicted molar refractivity (Wildman–Crippen MR) is 91.4 cm³/mol. The number of aromatic amines is 1. The first-order valence-electron chi connectivity index (χ1n) is 7.61. The number of carbonyl (C=O) groups is 1. The Kier molecular flexibility index (Phi) is 4.79. The Labute approximate surface area is 143 Å². The highest BCUT2D eigenvalue weighted by Gasteiger charge is 2.33. The molecule has 1 aromatic carbocycles. The number of fused-ring (bicyclic) bond motifs is 1. The molecular formula is C16H17ClN4OS. The fourth-order valence-electron chi connectivity index (χ4n) is 2.88. The Bertz CT molecular complexity index is 761. The molecule has 0 atom stereocenters. The van der Waals surface area contributed by atoms with Gasteiger partial charge in [0.25, 0.3) is 0 Å². The Hall–Kier alpha value is -1.71. The number of thioether (sulfide) groups is 1. The van der Waals surface area contributed by atoms with Gasteiger partial charge in [-0.05, 0) is 31.0 Å². The van der Waals surface area contributed by atoms with Gasteiger partial charge in [0.15, 0.2) is 5.16 Å². The van der Waals surface area contributed by atoms with Crippen LogP contribution in [-0.2, 0) is 4.79 Å². The Morgan fingerprint density at radius 1 is 1.43 bits per heavy atom. The van der Waals surface area contributed by atoms with Crippen LogP contribution in [0, 0.1) is 11.3 Å². The quantitative estimate of drug-likeness (QED) is 0.826. The topological polar surface area (TPSA) is 81.6 Å². The van der Waals surface area contributed by atoms with Crippen molar-refractivity contribution in [3.8, 4) is 6.07 Å². The fraction of sp³-hybridized carbons (Fsp3) is 0.438. The smallest absolute Gasteiger partial charge is 0.231 e. The first-order valence-corrected chi connectivity index (χ1v) is 8.97. The Morgan fingerprint density at radius 3 is 2.96 bits per heavy atom. The minimum Gasteiger partial charge on any atom is -0.337 e. The van der Waals surface area contributed by atoms with Crippen molar-refractivity contribution in [3.05, 3.63) is 23.2 Å². The number of benzene rings is 1. The van der Waals surface area contributed by atoms with Crippen LogP contribution < -0.4 is 5.32 Å². The molecule has 1 amide bonds. The zero-order valence-electron chi connectivity index (χ0n) is 12.6. The summed E-state index contributed by atoms with van der Waals surface area (Å²) in [6.45, 7) is 0. The molecular weight excluding hydrogens is 332 g/mol. The number of hydrogen-bond donors (Lipinski definition) is 2. The molecule has 1 fully saturated rings. The lowest BCUT2D eigenvalue weighted by Crippen LogP contribution is -2.49. The lowest BCUT2D eigenvalue weighted by Gasteiger charge is -2.31. The number of amides is 1. The van der Waals surface area contributed by atoms with Gasteiger partial charge in [-0.1, -0.05) is 42.6 Å². The molecule has 0 saturated heterocycles. The molecule has 23 heavy (non-hydrogen) atoms. The lowest BCUT2D eigenvalue weighted by molar-refractivity contribution is -0.120. The zero-order valence-corrected chi connectivity index (χ0v) is 14.1. The summed E-state index contributed by atoms with van der Waals surface area (Å²) in [5, 5.41) is 13.6. The maximum absolute atomic E-state index is 12.2. The Balaban J connectivity index is 1.60. The SMILES string of the molecule is N#CC1(NC(=O)CSc2nc3ccc(Cl)cc3[nH]2)CCCCC1. The first-order chi connectivity index (χ1) is 11.1. The second-order valence-corrected chi connectivity index (χ2v) is 7.20. The van der Waals surface area contributed by atoms with E-state index in [-0.39, 0.29) is 11.7 Å². The molecule has 2 aromatic rings. The van der Waals surface area contributed by atoms with Crippen molar-refractivity contribution in [2.45, 2.75) is 42.8 Å². The minimum absolute atomic E-state index is 0.128. The van der Waals surface area contributed by atoms with Crippen molar-refractivity contribution in [3.63, 3.8) is 0 Å². The van der Waals surface area contributed by atoms with E-state index in [2.05, 4.69) is 21.4 Å². The number of nitrogens with one attached hydrogen (secondary N) is 2. The summed E-state index contributed by atoms with van der Waals surface area (Å²) in [7, 11) is 0. The molecule has 1 aliphatic rings. The summed E-state index contributed by atoms with van der Waals surface area (Å²) in [6.07, 6.45) is 4.60. The summed E-state index contributed by atoms with van der Waals surface area (Å²) >= 11 is 7.27. The van der Waals surface area contributed by atoms with E-state index in [1.54, 1.807) is 12.1 Å². The lowest BCUT2D eigenvalue weighted by atomic mass is 9.83. The second-order valence-electron chi connectivity index (χ2n) is 5.79. The van der Waals surface area contributed by atoms with Crippen LogP contribution in [0.3, 0.4) is 0 Å². The van der Waals surface area contributed by atoms with Gasteiger partial charge in [0.2, 0.25) is 5.91 Å². The minimum atomic E-state index is -0.683. The number of halogens is 1. The summed E-state index contributed by atoms with van der Waals surface area (Å²) in [5.41, 5.74) is 0.983. The van der Waals surface area contributed by atoms with Gasteiger partial charge in [0.05, 0.1) is 22.9 Å². The highest BCUT2D eigenvalue weighted by atomic mass is 35.5. The van der Waals surface area contributed by atoms with E-state index in [0.717, 1.165) is 43.1 Å². The van der Waals surface area contributed by atoms with Crippen molar-refractivity contribution in [2.75, 3.05) is 5.75 Å². The molecule has 1 saturated carbocycles. The molecule has 120 valence electrons. The molecule has 0 spiro atoms. The maximum Gasteiger partial charge on any atom is 0.231 e. The molecule has 1 aromatic heterocycles. The van der Waals surface area contributed by atoms with Gasteiger partial charge in [-0.15, -0.1) is 0 Å². The summed E-state index contributed by atoms with van der Waals surface area (Å²) < 4.78 is 0. The molecule has 1 heterocycles. The summed E-state index contributed by atoms with van der Waals surface area (Å²) in [5.74, 6) is 0.105. The number of aromatic nitrogens is 2. The number of H-pyrrole nitrogens is 1. The van der Waals surface area contributed by atoms with Crippen LogP contribution in [0.15, 0.2) is 23.4 Å². The molecule has 1 aliphatic carbocycles. The summed E-state index contributed by atoms with van der Waals surface area (Å²) in [6, 6.07) is 7.72. The van der Waals surface area contributed by atoms with Crippen LogP contribution in [0.2, 0.25) is 5.02 Å². The van der Waals surface area contributed by atoms with E-state index >= 15 is 0 Å². The average Bonchev–Trinajstić information content (AvgIpc) is 2.96. The van der Waals surface area contributed by atoms with Crippen molar-refractivity contribution in [1.82, 2.24) is 15.3 Å². The van der Waals surface area contributed by atoms with Gasteiger partial charge in [-0.3, -0.25) is 4.79 Å². The fourth-order valence-corrected chi connectivity index (χ4v) is 3.74. The highest BCUT2D eigenvalue weighted by molar-refractivity contribution is 7.99. The van der Waals surface area contributed by atoms with Gasteiger partial charge >= 0.3 is 0 Å². The molecule has 0 aliphatic heterocycles. The van der Waals surface area contributed by atoms with E-state index in [1.807, 2.05) is 6.07 Å². The van der Waals surface area contributed by atoms with Crippen molar-refractivity contribution >= 4 is 40.3 Å². The van der Waals surface area contributed by atoms with Gasteiger partial charge < -0.3 is 10.3 Å². The predicted octanol–water partition coefficient (Wildman–Crippen LogP) is 3.65. The molecule has 0 bridgehead atoms. The number of carbonyl (C=O) groups excluding carboxylic acids is 1. The third-order valence-electron chi connectivity index (χ3n) is 4.06. The number of rotatable bonds is 4. The first kappa shape index (κ1) is 16.2. The van der Waals surface area contributed by atoms with Gasteiger partial charge in [0, 0.05) is 5.02 Å². The van der Waals surface area contributed by atoms with Gasteiger partial charge in [-0.25, -0.2) is 4.98 Å².